The summed E-state index contributed by atoms with van der Waals surface area (Å²) >= 11 is 0. The Labute approximate surface area is 153 Å². The summed E-state index contributed by atoms with van der Waals surface area (Å²) in [4.78, 5) is 25.6. The fourth-order valence-corrected chi connectivity index (χ4v) is 2.42. The number of carbonyl (C=O) groups is 2. The molecule has 0 saturated heterocycles. The first-order valence-electron chi connectivity index (χ1n) is 8.65. The summed E-state index contributed by atoms with van der Waals surface area (Å²) in [7, 11) is 0. The van der Waals surface area contributed by atoms with Crippen LogP contribution in [-0.2, 0) is 9.47 Å². The Bertz CT molecular complexity index is 702. The second-order valence-electron chi connectivity index (χ2n) is 5.47. The summed E-state index contributed by atoms with van der Waals surface area (Å²) in [6.07, 6.45) is -0.530. The second-order valence-corrected chi connectivity index (χ2v) is 5.47. The zero-order valence-electron chi connectivity index (χ0n) is 15.1. The van der Waals surface area contributed by atoms with Crippen molar-refractivity contribution in [3.63, 3.8) is 0 Å². The van der Waals surface area contributed by atoms with Crippen molar-refractivity contribution in [2.24, 2.45) is 0 Å². The van der Waals surface area contributed by atoms with Crippen LogP contribution in [0.2, 0.25) is 0 Å². The number of likely N-dealkylation sites (N-methyl/N-ethyl adjacent to an activating group) is 1. The number of hydrogen-bond acceptors (Lipinski definition) is 5. The van der Waals surface area contributed by atoms with Gasteiger partial charge in [-0.3, -0.25) is 5.32 Å². The average Bonchev–Trinajstić information content (AvgIpc) is 2.67. The van der Waals surface area contributed by atoms with E-state index in [9.17, 15) is 9.59 Å². The smallest absolute Gasteiger partial charge is 0.411 e. The van der Waals surface area contributed by atoms with Crippen LogP contribution < -0.4 is 10.2 Å². The van der Waals surface area contributed by atoms with Gasteiger partial charge >= 0.3 is 12.1 Å². The number of carbonyl (C=O) groups excluding carboxylic acids is 2. The number of nitrogens with zero attached hydrogens (tertiary/aromatic N) is 1. The predicted molar refractivity (Wildman–Crippen MR) is 102 cm³/mol. The third kappa shape index (κ3) is 5.81. The summed E-state index contributed by atoms with van der Waals surface area (Å²) in [5.41, 5.74) is 2.08. The maximum Gasteiger partial charge on any atom is 0.411 e. The van der Waals surface area contributed by atoms with Gasteiger partial charge in [0.15, 0.2) is 0 Å². The number of benzene rings is 2. The number of esters is 1. The zero-order chi connectivity index (χ0) is 18.8. The lowest BCUT2D eigenvalue weighted by Gasteiger charge is -2.22. The quantitative estimate of drug-likeness (QED) is 0.726. The third-order valence-electron chi connectivity index (χ3n) is 3.74. The molecule has 2 aromatic rings. The van der Waals surface area contributed by atoms with E-state index in [2.05, 4.69) is 17.1 Å². The molecule has 1 N–H and O–H groups in total. The Morgan fingerprint density at radius 1 is 0.962 bits per heavy atom. The van der Waals surface area contributed by atoms with Crippen molar-refractivity contribution < 1.29 is 19.1 Å². The van der Waals surface area contributed by atoms with E-state index >= 15 is 0 Å². The van der Waals surface area contributed by atoms with Gasteiger partial charge in [0.05, 0.1) is 18.7 Å². The molecule has 0 unspecified atom stereocenters. The van der Waals surface area contributed by atoms with E-state index in [1.54, 1.807) is 31.2 Å². The molecular formula is C20H24N2O4. The lowest BCUT2D eigenvalue weighted by atomic mass is 10.2. The van der Waals surface area contributed by atoms with E-state index in [0.717, 1.165) is 12.2 Å². The maximum atomic E-state index is 11.9. The van der Waals surface area contributed by atoms with Crippen LogP contribution in [0.1, 0.15) is 24.2 Å². The highest BCUT2D eigenvalue weighted by Gasteiger charge is 2.09. The average molecular weight is 356 g/mol. The van der Waals surface area contributed by atoms with Crippen LogP contribution in [-0.4, -0.2) is 38.4 Å². The minimum Gasteiger partial charge on any atom is -0.462 e. The second kappa shape index (κ2) is 10.1. The highest BCUT2D eigenvalue weighted by molar-refractivity contribution is 5.91. The molecule has 0 fully saturated rings. The van der Waals surface area contributed by atoms with Crippen molar-refractivity contribution in [1.29, 1.82) is 0 Å². The van der Waals surface area contributed by atoms with Crippen LogP contribution in [0, 0.1) is 0 Å². The molecule has 1 amide bonds. The van der Waals surface area contributed by atoms with Gasteiger partial charge in [-0.25, -0.2) is 9.59 Å². The highest BCUT2D eigenvalue weighted by atomic mass is 16.5. The van der Waals surface area contributed by atoms with E-state index < -0.39 is 6.09 Å². The molecule has 2 aromatic carbocycles. The molecule has 0 aliphatic heterocycles. The molecule has 0 aromatic heterocycles. The van der Waals surface area contributed by atoms with E-state index in [1.165, 1.54) is 0 Å². The van der Waals surface area contributed by atoms with Gasteiger partial charge < -0.3 is 14.4 Å². The summed E-state index contributed by atoms with van der Waals surface area (Å²) in [6.45, 7) is 5.83. The fraction of sp³-hybridized carbons (Fsp3) is 0.300. The van der Waals surface area contributed by atoms with Crippen LogP contribution in [0.4, 0.5) is 16.2 Å². The normalized spacial score (nSPS) is 10.1. The van der Waals surface area contributed by atoms with Crippen molar-refractivity contribution in [2.75, 3.05) is 36.5 Å². The van der Waals surface area contributed by atoms with Crippen LogP contribution in [0.3, 0.4) is 0 Å². The van der Waals surface area contributed by atoms with Gasteiger partial charge in [0, 0.05) is 17.9 Å². The molecule has 0 bridgehead atoms. The first-order chi connectivity index (χ1) is 12.6. The van der Waals surface area contributed by atoms with Crippen LogP contribution in [0.25, 0.3) is 0 Å². The highest BCUT2D eigenvalue weighted by Crippen LogP contribution is 2.13. The van der Waals surface area contributed by atoms with Crippen molar-refractivity contribution in [3.05, 3.63) is 60.2 Å². The van der Waals surface area contributed by atoms with E-state index in [-0.39, 0.29) is 12.6 Å². The van der Waals surface area contributed by atoms with Gasteiger partial charge in [0.1, 0.15) is 6.61 Å². The molecule has 0 radical (unpaired) electrons. The van der Waals surface area contributed by atoms with Crippen molar-refractivity contribution in [3.8, 4) is 0 Å². The molecular weight excluding hydrogens is 332 g/mol. The van der Waals surface area contributed by atoms with Crippen molar-refractivity contribution in [1.82, 2.24) is 0 Å². The Morgan fingerprint density at radius 3 is 2.27 bits per heavy atom. The molecule has 6 heteroatoms. The molecule has 0 heterocycles. The minimum absolute atomic E-state index is 0.273. The lowest BCUT2D eigenvalue weighted by molar-refractivity contribution is 0.0526. The van der Waals surface area contributed by atoms with Crippen LogP contribution in [0.15, 0.2) is 54.6 Å². The molecule has 0 aliphatic rings. The van der Waals surface area contributed by atoms with Crippen LogP contribution in [0.5, 0.6) is 0 Å². The van der Waals surface area contributed by atoms with Crippen molar-refractivity contribution in [2.45, 2.75) is 13.8 Å². The number of ether oxygens (including phenoxy) is 2. The number of nitrogens with one attached hydrogen (secondary N) is 1. The molecule has 0 spiro atoms. The zero-order valence-corrected chi connectivity index (χ0v) is 15.1. The summed E-state index contributed by atoms with van der Waals surface area (Å²) in [5, 5.41) is 2.64. The van der Waals surface area contributed by atoms with Gasteiger partial charge in [0.25, 0.3) is 0 Å². The van der Waals surface area contributed by atoms with E-state index in [4.69, 9.17) is 9.47 Å². The standard InChI is InChI=1S/C20H24N2O4/c1-3-22(18-8-6-5-7-9-18)14-15-26-20(24)21-17-12-10-16(11-13-17)19(23)25-4-2/h5-13H,3-4,14-15H2,1-2H3,(H,21,24). The summed E-state index contributed by atoms with van der Waals surface area (Å²) < 4.78 is 10.1. The Morgan fingerprint density at radius 2 is 1.65 bits per heavy atom. The van der Waals surface area contributed by atoms with Gasteiger partial charge in [-0.2, -0.15) is 0 Å². The molecule has 138 valence electrons. The van der Waals surface area contributed by atoms with E-state index in [0.29, 0.717) is 24.4 Å². The maximum absolute atomic E-state index is 11.9. The number of para-hydroxylation sites is 1. The fourth-order valence-electron chi connectivity index (χ4n) is 2.42. The Hall–Kier alpha value is -3.02. The first-order valence-corrected chi connectivity index (χ1v) is 8.65. The van der Waals surface area contributed by atoms with Crippen LogP contribution >= 0.6 is 0 Å². The Kier molecular flexibility index (Phi) is 7.49. The summed E-state index contributed by atoms with van der Waals surface area (Å²) in [5.74, 6) is -0.387. The Balaban J connectivity index is 1.79. The third-order valence-corrected chi connectivity index (χ3v) is 3.74. The topological polar surface area (TPSA) is 67.9 Å². The molecule has 0 saturated carbocycles. The monoisotopic (exact) mass is 356 g/mol. The molecule has 2 rings (SSSR count). The van der Waals surface area contributed by atoms with Gasteiger partial charge in [-0.1, -0.05) is 18.2 Å². The molecule has 0 aliphatic carbocycles. The van der Waals surface area contributed by atoms with Gasteiger partial charge in [0.2, 0.25) is 0 Å². The number of amides is 1. The van der Waals surface area contributed by atoms with Gasteiger partial charge in [-0.15, -0.1) is 0 Å². The predicted octanol–water partition coefficient (Wildman–Crippen LogP) is 3.94. The number of hydrogen-bond donors (Lipinski definition) is 1. The minimum atomic E-state index is -0.530. The lowest BCUT2D eigenvalue weighted by Crippen LogP contribution is -2.28. The van der Waals surface area contributed by atoms with Gasteiger partial charge in [-0.05, 0) is 50.2 Å². The molecule has 6 nitrogen and oxygen atoms in total. The summed E-state index contributed by atoms with van der Waals surface area (Å²) in [6, 6.07) is 16.4. The SMILES string of the molecule is CCOC(=O)c1ccc(NC(=O)OCCN(CC)c2ccccc2)cc1. The largest absolute Gasteiger partial charge is 0.462 e. The van der Waals surface area contributed by atoms with Crippen molar-refractivity contribution >= 4 is 23.4 Å². The van der Waals surface area contributed by atoms with E-state index in [1.807, 2.05) is 30.3 Å². The molecule has 26 heavy (non-hydrogen) atoms. The number of anilines is 2. The number of rotatable bonds is 8. The molecule has 0 atom stereocenters. The first kappa shape index (κ1) is 19.3.